The number of hydrogen-bond acceptors (Lipinski definition) is 4. The molecule has 2 aliphatic heterocycles. The highest BCUT2D eigenvalue weighted by molar-refractivity contribution is 5.94. The summed E-state index contributed by atoms with van der Waals surface area (Å²) in [5.74, 6) is -0.0469. The van der Waals surface area contributed by atoms with Crippen molar-refractivity contribution in [3.05, 3.63) is 101 Å². The van der Waals surface area contributed by atoms with Gasteiger partial charge in [-0.25, -0.2) is 0 Å². The average Bonchev–Trinajstić information content (AvgIpc) is 2.88. The first kappa shape index (κ1) is 21.7. The summed E-state index contributed by atoms with van der Waals surface area (Å²) in [6, 6.07) is 27.1. The second-order valence-corrected chi connectivity index (χ2v) is 8.91. The molecule has 0 aromatic heterocycles. The summed E-state index contributed by atoms with van der Waals surface area (Å²) in [6.07, 6.45) is 1.07. The fourth-order valence-electron chi connectivity index (χ4n) is 4.74. The van der Waals surface area contributed by atoms with Gasteiger partial charge in [-0.3, -0.25) is 9.69 Å². The van der Waals surface area contributed by atoms with E-state index in [1.165, 1.54) is 16.7 Å². The van der Waals surface area contributed by atoms with Gasteiger partial charge in [0, 0.05) is 50.5 Å². The normalized spacial score (nSPS) is 18.5. The fourth-order valence-corrected chi connectivity index (χ4v) is 4.74. The maximum absolute atomic E-state index is 12.7. The minimum atomic E-state index is -0.0469. The molecule has 1 fully saturated rings. The number of nitrogens with one attached hydrogen (secondary N) is 1. The van der Waals surface area contributed by atoms with Crippen molar-refractivity contribution in [3.63, 3.8) is 0 Å². The molecule has 3 aromatic rings. The van der Waals surface area contributed by atoms with Crippen molar-refractivity contribution < 1.29 is 9.53 Å². The molecule has 1 N–H and O–H groups in total. The smallest absolute Gasteiger partial charge is 0.251 e. The third-order valence-corrected chi connectivity index (χ3v) is 6.59. The second kappa shape index (κ2) is 10.2. The van der Waals surface area contributed by atoms with Crippen LogP contribution in [0.4, 0.5) is 5.69 Å². The number of fused-ring (bicyclic) bond motifs is 1. The number of ether oxygens (including phenoxy) is 1. The molecule has 2 heterocycles. The molecule has 5 nitrogen and oxygen atoms in total. The lowest BCUT2D eigenvalue weighted by molar-refractivity contribution is -0.0292. The molecule has 1 amide bonds. The van der Waals surface area contributed by atoms with E-state index in [4.69, 9.17) is 4.74 Å². The number of morpholine rings is 1. The predicted molar refractivity (Wildman–Crippen MR) is 131 cm³/mol. The third kappa shape index (κ3) is 5.44. The highest BCUT2D eigenvalue weighted by Crippen LogP contribution is 2.24. The Labute approximate surface area is 196 Å². The first-order valence-corrected chi connectivity index (χ1v) is 11.8. The van der Waals surface area contributed by atoms with Crippen molar-refractivity contribution in [1.82, 2.24) is 10.2 Å². The van der Waals surface area contributed by atoms with E-state index in [0.29, 0.717) is 18.7 Å². The second-order valence-electron chi connectivity index (χ2n) is 8.91. The van der Waals surface area contributed by atoms with Crippen molar-refractivity contribution in [1.29, 1.82) is 0 Å². The predicted octanol–water partition coefficient (Wildman–Crippen LogP) is 3.88. The third-order valence-electron chi connectivity index (χ3n) is 6.59. The molecule has 33 heavy (non-hydrogen) atoms. The molecular formula is C28H31N3O2. The molecule has 1 unspecified atom stereocenters. The van der Waals surface area contributed by atoms with Crippen molar-refractivity contribution in [2.45, 2.75) is 25.6 Å². The van der Waals surface area contributed by atoms with Gasteiger partial charge in [0.15, 0.2) is 0 Å². The van der Waals surface area contributed by atoms with E-state index in [1.54, 1.807) is 0 Å². The number of amides is 1. The van der Waals surface area contributed by atoms with Crippen LogP contribution in [-0.2, 0) is 24.2 Å². The van der Waals surface area contributed by atoms with Crippen LogP contribution >= 0.6 is 0 Å². The summed E-state index contributed by atoms with van der Waals surface area (Å²) >= 11 is 0. The van der Waals surface area contributed by atoms with E-state index < -0.39 is 0 Å². The maximum Gasteiger partial charge on any atom is 0.251 e. The molecule has 3 aromatic carbocycles. The summed E-state index contributed by atoms with van der Waals surface area (Å²) < 4.78 is 5.90. The van der Waals surface area contributed by atoms with E-state index in [-0.39, 0.29) is 12.0 Å². The van der Waals surface area contributed by atoms with Crippen LogP contribution in [0.5, 0.6) is 0 Å². The number of carbonyl (C=O) groups excluding carboxylic acids is 1. The molecule has 0 bridgehead atoms. The van der Waals surface area contributed by atoms with Crippen LogP contribution < -0.4 is 10.2 Å². The van der Waals surface area contributed by atoms with Gasteiger partial charge in [-0.15, -0.1) is 0 Å². The van der Waals surface area contributed by atoms with Crippen LogP contribution in [0.25, 0.3) is 0 Å². The molecule has 0 aliphatic carbocycles. The average molecular weight is 442 g/mol. The van der Waals surface area contributed by atoms with Crippen LogP contribution in [0.3, 0.4) is 0 Å². The van der Waals surface area contributed by atoms with Gasteiger partial charge >= 0.3 is 0 Å². The van der Waals surface area contributed by atoms with Crippen LogP contribution in [0.2, 0.25) is 0 Å². The Morgan fingerprint density at radius 2 is 1.67 bits per heavy atom. The SMILES string of the molecule is O=C(NCC1CN(Cc2ccccc2)CCO1)c1ccc(N2CCc3ccccc3C2)cc1. The van der Waals surface area contributed by atoms with Crippen molar-refractivity contribution in [3.8, 4) is 0 Å². The van der Waals surface area contributed by atoms with Gasteiger partial charge in [-0.05, 0) is 47.4 Å². The van der Waals surface area contributed by atoms with E-state index in [0.717, 1.165) is 44.8 Å². The maximum atomic E-state index is 12.7. The molecule has 0 spiro atoms. The standard InChI is InChI=1S/C28H31N3O2/c32-28(29-18-27-21-30(16-17-33-27)19-22-6-2-1-3-7-22)24-10-12-26(13-11-24)31-15-14-23-8-4-5-9-25(23)20-31/h1-13,27H,14-21H2,(H,29,32). The minimum Gasteiger partial charge on any atom is -0.374 e. The molecule has 170 valence electrons. The highest BCUT2D eigenvalue weighted by Gasteiger charge is 2.21. The van der Waals surface area contributed by atoms with Gasteiger partial charge < -0.3 is 15.0 Å². The van der Waals surface area contributed by atoms with E-state index in [1.807, 2.05) is 18.2 Å². The largest absolute Gasteiger partial charge is 0.374 e. The van der Waals surface area contributed by atoms with Gasteiger partial charge in [-0.2, -0.15) is 0 Å². The van der Waals surface area contributed by atoms with Crippen LogP contribution in [0, 0.1) is 0 Å². The lowest BCUT2D eigenvalue weighted by Gasteiger charge is -2.33. The molecule has 1 atom stereocenters. The van der Waals surface area contributed by atoms with Crippen molar-refractivity contribution >= 4 is 11.6 Å². The number of hydrogen-bond donors (Lipinski definition) is 1. The summed E-state index contributed by atoms with van der Waals surface area (Å²) in [6.45, 7) is 5.79. The quantitative estimate of drug-likeness (QED) is 0.631. The number of nitrogens with zero attached hydrogens (tertiary/aromatic N) is 2. The Balaban J connectivity index is 1.12. The topological polar surface area (TPSA) is 44.8 Å². The van der Waals surface area contributed by atoms with E-state index >= 15 is 0 Å². The van der Waals surface area contributed by atoms with Gasteiger partial charge in [0.1, 0.15) is 0 Å². The number of benzene rings is 3. The first-order valence-electron chi connectivity index (χ1n) is 11.8. The summed E-state index contributed by atoms with van der Waals surface area (Å²) in [5.41, 5.74) is 5.98. The Kier molecular flexibility index (Phi) is 6.70. The zero-order valence-corrected chi connectivity index (χ0v) is 19.0. The Morgan fingerprint density at radius 3 is 2.48 bits per heavy atom. The molecule has 0 saturated carbocycles. The Morgan fingerprint density at radius 1 is 0.909 bits per heavy atom. The van der Waals surface area contributed by atoms with E-state index in [9.17, 15) is 4.79 Å². The molecule has 1 saturated heterocycles. The molecule has 5 rings (SSSR count). The summed E-state index contributed by atoms with van der Waals surface area (Å²) in [7, 11) is 0. The monoisotopic (exact) mass is 441 g/mol. The van der Waals surface area contributed by atoms with Gasteiger partial charge in [0.05, 0.1) is 12.7 Å². The minimum absolute atomic E-state index is 0.0131. The summed E-state index contributed by atoms with van der Waals surface area (Å²) in [5, 5.41) is 3.06. The lowest BCUT2D eigenvalue weighted by atomic mass is 9.99. The number of rotatable bonds is 6. The van der Waals surface area contributed by atoms with Crippen molar-refractivity contribution in [2.24, 2.45) is 0 Å². The van der Waals surface area contributed by atoms with E-state index in [2.05, 4.69) is 75.8 Å². The molecular weight excluding hydrogens is 410 g/mol. The van der Waals surface area contributed by atoms with Crippen LogP contribution in [-0.4, -0.2) is 49.7 Å². The number of carbonyl (C=O) groups is 1. The molecule has 2 aliphatic rings. The van der Waals surface area contributed by atoms with Crippen LogP contribution in [0.15, 0.2) is 78.9 Å². The van der Waals surface area contributed by atoms with Crippen LogP contribution in [0.1, 0.15) is 27.0 Å². The van der Waals surface area contributed by atoms with Gasteiger partial charge in [0.25, 0.3) is 5.91 Å². The highest BCUT2D eigenvalue weighted by atomic mass is 16.5. The Hall–Kier alpha value is -3.15. The Bertz CT molecular complexity index is 1070. The van der Waals surface area contributed by atoms with Gasteiger partial charge in [-0.1, -0.05) is 54.6 Å². The zero-order valence-electron chi connectivity index (χ0n) is 19.0. The molecule has 0 radical (unpaired) electrons. The summed E-state index contributed by atoms with van der Waals surface area (Å²) in [4.78, 5) is 17.5. The fraction of sp³-hybridized carbons (Fsp3) is 0.321. The zero-order chi connectivity index (χ0) is 22.5. The number of anilines is 1. The molecule has 5 heteroatoms. The lowest BCUT2D eigenvalue weighted by Crippen LogP contribution is -2.47. The van der Waals surface area contributed by atoms with Crippen molar-refractivity contribution in [2.75, 3.05) is 37.7 Å². The first-order chi connectivity index (χ1) is 16.2. The van der Waals surface area contributed by atoms with Gasteiger partial charge in [0.2, 0.25) is 0 Å².